The van der Waals surface area contributed by atoms with Crippen molar-refractivity contribution >= 4 is 23.4 Å². The van der Waals surface area contributed by atoms with Crippen LogP contribution in [0.1, 0.15) is 40.3 Å². The molecule has 3 rings (SSSR count). The van der Waals surface area contributed by atoms with Gasteiger partial charge in [0.1, 0.15) is 17.6 Å². The third-order valence-corrected chi connectivity index (χ3v) is 4.89. The van der Waals surface area contributed by atoms with E-state index in [-0.39, 0.29) is 28.5 Å². The number of amides is 2. The van der Waals surface area contributed by atoms with Crippen molar-refractivity contribution in [1.82, 2.24) is 30.5 Å². The summed E-state index contributed by atoms with van der Waals surface area (Å²) in [6.07, 6.45) is -4.46. The van der Waals surface area contributed by atoms with Gasteiger partial charge in [0.15, 0.2) is 11.5 Å². The van der Waals surface area contributed by atoms with Crippen LogP contribution in [-0.4, -0.2) is 44.2 Å². The van der Waals surface area contributed by atoms with Crippen molar-refractivity contribution in [2.45, 2.75) is 19.2 Å². The topological polar surface area (TPSA) is 174 Å². The molecule has 0 aromatic carbocycles. The second kappa shape index (κ2) is 11.6. The van der Waals surface area contributed by atoms with E-state index in [4.69, 9.17) is 16.3 Å². The number of pyridine rings is 2. The molecule has 6 N–H and O–H groups in total. The first kappa shape index (κ1) is 28.6. The maximum absolute atomic E-state index is 13.9. The molecule has 0 radical (unpaired) electrons. The van der Waals surface area contributed by atoms with Gasteiger partial charge in [-0.05, 0) is 31.2 Å². The summed E-state index contributed by atoms with van der Waals surface area (Å²) in [6.45, 7) is 1.29. The minimum Gasteiger partial charge on any atom is -0.441 e. The lowest BCUT2D eigenvalue weighted by Crippen LogP contribution is -2.39. The van der Waals surface area contributed by atoms with Gasteiger partial charge in [-0.15, -0.1) is 5.10 Å². The van der Waals surface area contributed by atoms with Gasteiger partial charge in [-0.2, -0.15) is 22.7 Å². The maximum Gasteiger partial charge on any atom is 0.435 e. The molecule has 39 heavy (non-hydrogen) atoms. The molecule has 0 spiro atoms. The normalized spacial score (nSPS) is 12.7. The van der Waals surface area contributed by atoms with Gasteiger partial charge in [-0.1, -0.05) is 0 Å². The van der Waals surface area contributed by atoms with E-state index >= 15 is 0 Å². The van der Waals surface area contributed by atoms with Crippen LogP contribution < -0.4 is 22.2 Å². The van der Waals surface area contributed by atoms with E-state index in [9.17, 15) is 31.5 Å². The number of nitrogens with two attached hydrogens (primary N) is 2. The molecule has 0 saturated carbocycles. The van der Waals surface area contributed by atoms with Gasteiger partial charge in [0.05, 0.1) is 41.1 Å². The SMILES string of the molecule is C[C@@H](OC(=O)N/C(=C(/N)c1ccc(NC(=O)c2cnnc(C(F)(F)F)c2)cn1)N(C)N)c1cc(F)cnc1F. The van der Waals surface area contributed by atoms with Gasteiger partial charge < -0.3 is 15.8 Å². The monoisotopic (exact) mass is 553 g/mol. The number of carbonyl (C=O) groups excluding carboxylic acids is 2. The van der Waals surface area contributed by atoms with Crippen molar-refractivity contribution in [3.05, 3.63) is 83.0 Å². The highest BCUT2D eigenvalue weighted by Crippen LogP contribution is 2.27. The van der Waals surface area contributed by atoms with E-state index in [0.717, 1.165) is 23.5 Å². The number of hydrazine groups is 1. The van der Waals surface area contributed by atoms with Crippen LogP contribution in [0.2, 0.25) is 0 Å². The molecule has 0 fully saturated rings. The van der Waals surface area contributed by atoms with Crippen LogP contribution in [0.15, 0.2) is 48.7 Å². The number of aromatic nitrogens is 4. The number of rotatable bonds is 7. The molecule has 0 bridgehead atoms. The smallest absolute Gasteiger partial charge is 0.435 e. The zero-order valence-electron chi connectivity index (χ0n) is 20.1. The van der Waals surface area contributed by atoms with E-state index in [1.54, 1.807) is 0 Å². The lowest BCUT2D eigenvalue weighted by molar-refractivity contribution is -0.141. The average molecular weight is 553 g/mol. The molecule has 17 heteroatoms. The summed E-state index contributed by atoms with van der Waals surface area (Å²) in [4.78, 5) is 32.0. The Hall–Kier alpha value is -4.93. The van der Waals surface area contributed by atoms with E-state index < -0.39 is 47.3 Å². The van der Waals surface area contributed by atoms with Crippen molar-refractivity contribution in [3.8, 4) is 0 Å². The van der Waals surface area contributed by atoms with Crippen LogP contribution in [0.25, 0.3) is 5.70 Å². The number of hydrogen-bond acceptors (Lipinski definition) is 10. The summed E-state index contributed by atoms with van der Waals surface area (Å²) < 4.78 is 70.7. The first-order valence-corrected chi connectivity index (χ1v) is 10.7. The number of hydrogen-bond donors (Lipinski definition) is 4. The van der Waals surface area contributed by atoms with Gasteiger partial charge in [0.25, 0.3) is 5.91 Å². The number of alkyl halides is 3. The summed E-state index contributed by atoms with van der Waals surface area (Å²) in [6, 6.07) is 4.02. The van der Waals surface area contributed by atoms with Crippen molar-refractivity contribution in [2.24, 2.45) is 11.6 Å². The highest BCUT2D eigenvalue weighted by Gasteiger charge is 2.33. The van der Waals surface area contributed by atoms with Crippen LogP contribution in [-0.2, 0) is 10.9 Å². The lowest BCUT2D eigenvalue weighted by Gasteiger charge is -2.21. The molecule has 206 valence electrons. The zero-order chi connectivity index (χ0) is 28.9. The van der Waals surface area contributed by atoms with Gasteiger partial charge >= 0.3 is 12.3 Å². The molecule has 0 aliphatic carbocycles. The summed E-state index contributed by atoms with van der Waals surface area (Å²) in [5.74, 6) is 2.80. The summed E-state index contributed by atoms with van der Waals surface area (Å²) in [5.41, 5.74) is 4.05. The third-order valence-electron chi connectivity index (χ3n) is 4.89. The second-order valence-electron chi connectivity index (χ2n) is 7.79. The maximum atomic E-state index is 13.9. The van der Waals surface area contributed by atoms with Crippen molar-refractivity contribution in [3.63, 3.8) is 0 Å². The highest BCUT2D eigenvalue weighted by molar-refractivity contribution is 6.04. The molecule has 3 aromatic heterocycles. The predicted octanol–water partition coefficient (Wildman–Crippen LogP) is 2.69. The quantitative estimate of drug-likeness (QED) is 0.147. The van der Waals surface area contributed by atoms with Gasteiger partial charge in [-0.3, -0.25) is 20.1 Å². The summed E-state index contributed by atoms with van der Waals surface area (Å²) in [7, 11) is 1.33. The fourth-order valence-electron chi connectivity index (χ4n) is 3.00. The minimum atomic E-state index is -4.78. The Bertz CT molecular complexity index is 1400. The molecule has 0 unspecified atom stereocenters. The molecule has 1 atom stereocenters. The highest BCUT2D eigenvalue weighted by atomic mass is 19.4. The number of nitrogens with one attached hydrogen (secondary N) is 2. The molecule has 3 aromatic rings. The van der Waals surface area contributed by atoms with Crippen LogP contribution in [0.3, 0.4) is 0 Å². The third kappa shape index (κ3) is 7.31. The number of alkyl carbamates (subject to hydrolysis) is 1. The number of carbonyl (C=O) groups is 2. The van der Waals surface area contributed by atoms with E-state index in [0.29, 0.717) is 12.3 Å². The second-order valence-corrected chi connectivity index (χ2v) is 7.79. The molecular weight excluding hydrogens is 533 g/mol. The first-order valence-electron chi connectivity index (χ1n) is 10.7. The Morgan fingerprint density at radius 2 is 1.82 bits per heavy atom. The lowest BCUT2D eigenvalue weighted by atomic mass is 10.2. The zero-order valence-corrected chi connectivity index (χ0v) is 20.1. The molecular formula is C22H20F5N9O3. The first-order chi connectivity index (χ1) is 18.3. The van der Waals surface area contributed by atoms with Gasteiger partial charge in [0, 0.05) is 7.05 Å². The van der Waals surface area contributed by atoms with E-state index in [2.05, 4.69) is 30.8 Å². The van der Waals surface area contributed by atoms with E-state index in [1.807, 2.05) is 0 Å². The number of nitrogens with zero attached hydrogens (tertiary/aromatic N) is 5. The molecule has 12 nitrogen and oxygen atoms in total. The number of anilines is 1. The largest absolute Gasteiger partial charge is 0.441 e. The number of ether oxygens (including phenoxy) is 1. The molecule has 0 saturated heterocycles. The Kier molecular flexibility index (Phi) is 8.54. The standard InChI is InChI=1S/C22H20F5N9O3/c1-10(14-6-12(23)8-31-18(14)24)39-21(38)34-19(36(2)29)17(28)15-4-3-13(9-30-15)33-20(37)11-5-16(22(25,26)27)35-32-7-11/h3-10H,28-29H2,1-2H3,(H,33,37)(H,34,38)/b19-17-/t10-/m1/s1. The summed E-state index contributed by atoms with van der Waals surface area (Å²) in [5, 5.41) is 11.7. The van der Waals surface area contributed by atoms with Crippen LogP contribution in [0, 0.1) is 11.8 Å². The molecule has 0 aliphatic heterocycles. The molecule has 0 aliphatic rings. The van der Waals surface area contributed by atoms with E-state index in [1.165, 1.54) is 26.1 Å². The van der Waals surface area contributed by atoms with Crippen LogP contribution in [0.4, 0.5) is 32.4 Å². The summed E-state index contributed by atoms with van der Waals surface area (Å²) >= 11 is 0. The van der Waals surface area contributed by atoms with Crippen molar-refractivity contribution in [2.75, 3.05) is 12.4 Å². The average Bonchev–Trinajstić information content (AvgIpc) is 2.88. The predicted molar refractivity (Wildman–Crippen MR) is 124 cm³/mol. The Balaban J connectivity index is 1.72. The fraction of sp³-hybridized carbons (Fsp3) is 0.182. The van der Waals surface area contributed by atoms with Crippen molar-refractivity contribution < 1.29 is 36.3 Å². The molecule has 2 amide bonds. The van der Waals surface area contributed by atoms with Gasteiger partial charge in [0.2, 0.25) is 5.95 Å². The fourth-order valence-corrected chi connectivity index (χ4v) is 3.00. The van der Waals surface area contributed by atoms with Crippen LogP contribution in [0.5, 0.6) is 0 Å². The molecule has 3 heterocycles. The van der Waals surface area contributed by atoms with Crippen LogP contribution >= 0.6 is 0 Å². The Morgan fingerprint density at radius 3 is 2.44 bits per heavy atom. The van der Waals surface area contributed by atoms with Gasteiger partial charge in [-0.25, -0.2) is 20.0 Å². The Labute approximate surface area is 216 Å². The number of halogens is 5. The minimum absolute atomic E-state index is 0.0685. The van der Waals surface area contributed by atoms with Crippen molar-refractivity contribution in [1.29, 1.82) is 0 Å². The Morgan fingerprint density at radius 1 is 1.10 bits per heavy atom.